The molecular weight excluding hydrogens is 272 g/mol. The second kappa shape index (κ2) is 5.17. The van der Waals surface area contributed by atoms with Crippen LogP contribution in [0.15, 0.2) is 0 Å². The molecule has 1 saturated heterocycles. The van der Waals surface area contributed by atoms with Crippen LogP contribution in [-0.2, 0) is 4.79 Å². The van der Waals surface area contributed by atoms with Crippen LogP contribution in [0, 0.1) is 10.8 Å². The fourth-order valence-corrected chi connectivity index (χ4v) is 4.64. The third-order valence-electron chi connectivity index (χ3n) is 5.13. The lowest BCUT2D eigenvalue weighted by molar-refractivity contribution is -0.134. The summed E-state index contributed by atoms with van der Waals surface area (Å²) >= 11 is 0. The van der Waals surface area contributed by atoms with Crippen LogP contribution in [0.2, 0.25) is 0 Å². The number of rotatable bonds is 3. The Bertz CT molecular complexity index is 394. The van der Waals surface area contributed by atoms with Gasteiger partial charge in [0.2, 0.25) is 5.91 Å². The molecule has 4 heteroatoms. The fourth-order valence-electron chi connectivity index (χ4n) is 4.64. The molecule has 1 heterocycles. The number of fused-ring (bicyclic) bond motifs is 2. The van der Waals surface area contributed by atoms with Gasteiger partial charge in [-0.25, -0.2) is 0 Å². The highest BCUT2D eigenvalue weighted by molar-refractivity contribution is 5.85. The van der Waals surface area contributed by atoms with E-state index in [1.165, 1.54) is 32.1 Å². The summed E-state index contributed by atoms with van der Waals surface area (Å²) in [6.45, 7) is 10.1. The monoisotopic (exact) mass is 300 g/mol. The molecule has 0 aromatic rings. The SMILES string of the molecule is CC(NC1CC1)C(=O)N1CC2(C)CC1CC(C)(C)C2.Cl. The van der Waals surface area contributed by atoms with E-state index in [0.29, 0.717) is 28.8 Å². The van der Waals surface area contributed by atoms with Crippen LogP contribution in [0.5, 0.6) is 0 Å². The highest BCUT2D eigenvalue weighted by Crippen LogP contribution is 2.52. The Morgan fingerprint density at radius 1 is 1.25 bits per heavy atom. The summed E-state index contributed by atoms with van der Waals surface area (Å²) in [7, 11) is 0. The summed E-state index contributed by atoms with van der Waals surface area (Å²) in [4.78, 5) is 14.9. The van der Waals surface area contributed by atoms with E-state index in [1.54, 1.807) is 0 Å². The molecule has 0 radical (unpaired) electrons. The molecule has 3 nitrogen and oxygen atoms in total. The number of nitrogens with one attached hydrogen (secondary N) is 1. The lowest BCUT2D eigenvalue weighted by Crippen LogP contribution is -2.47. The van der Waals surface area contributed by atoms with E-state index in [-0.39, 0.29) is 18.4 Å². The molecule has 116 valence electrons. The third kappa shape index (κ3) is 3.14. The standard InChI is InChI=1S/C16H28N2O.ClH/c1-11(17-12-5-6-12)14(19)18-10-16(4)8-13(18)7-15(2,3)9-16;/h11-13,17H,5-10H2,1-4H3;1H. The van der Waals surface area contributed by atoms with Crippen LogP contribution in [0.3, 0.4) is 0 Å². The van der Waals surface area contributed by atoms with Gasteiger partial charge < -0.3 is 10.2 Å². The first kappa shape index (κ1) is 16.1. The maximum absolute atomic E-state index is 12.7. The van der Waals surface area contributed by atoms with Crippen molar-refractivity contribution >= 4 is 18.3 Å². The maximum atomic E-state index is 12.7. The molecule has 1 aliphatic heterocycles. The Labute approximate surface area is 129 Å². The van der Waals surface area contributed by atoms with Crippen molar-refractivity contribution < 1.29 is 4.79 Å². The van der Waals surface area contributed by atoms with E-state index in [4.69, 9.17) is 0 Å². The van der Waals surface area contributed by atoms with Crippen molar-refractivity contribution in [1.82, 2.24) is 10.2 Å². The van der Waals surface area contributed by atoms with E-state index in [0.717, 1.165) is 6.54 Å². The first-order valence-electron chi connectivity index (χ1n) is 7.85. The van der Waals surface area contributed by atoms with E-state index < -0.39 is 0 Å². The van der Waals surface area contributed by atoms with Crippen LogP contribution in [-0.4, -0.2) is 35.5 Å². The summed E-state index contributed by atoms with van der Waals surface area (Å²) < 4.78 is 0. The molecule has 3 unspecified atom stereocenters. The Morgan fingerprint density at radius 2 is 1.90 bits per heavy atom. The third-order valence-corrected chi connectivity index (χ3v) is 5.13. The summed E-state index contributed by atoms with van der Waals surface area (Å²) in [5, 5.41) is 3.45. The lowest BCUT2D eigenvalue weighted by Gasteiger charge is -2.39. The molecule has 20 heavy (non-hydrogen) atoms. The predicted octanol–water partition coefficient (Wildman–Crippen LogP) is 2.98. The molecular formula is C16H29ClN2O. The summed E-state index contributed by atoms with van der Waals surface area (Å²) in [6.07, 6.45) is 6.12. The van der Waals surface area contributed by atoms with Crippen LogP contribution >= 0.6 is 12.4 Å². The molecule has 1 amide bonds. The van der Waals surface area contributed by atoms with E-state index >= 15 is 0 Å². The normalized spacial score (nSPS) is 36.4. The van der Waals surface area contributed by atoms with Crippen molar-refractivity contribution in [3.8, 4) is 0 Å². The number of nitrogens with zero attached hydrogens (tertiary/aromatic N) is 1. The second-order valence-corrected chi connectivity index (χ2v) is 8.34. The summed E-state index contributed by atoms with van der Waals surface area (Å²) in [5.41, 5.74) is 0.737. The van der Waals surface area contributed by atoms with Crippen molar-refractivity contribution in [3.05, 3.63) is 0 Å². The minimum atomic E-state index is -0.00133. The number of halogens is 1. The molecule has 3 fully saturated rings. The quantitative estimate of drug-likeness (QED) is 0.869. The van der Waals surface area contributed by atoms with Crippen molar-refractivity contribution in [2.75, 3.05) is 6.54 Å². The smallest absolute Gasteiger partial charge is 0.239 e. The van der Waals surface area contributed by atoms with Gasteiger partial charge in [0.1, 0.15) is 0 Å². The molecule has 3 rings (SSSR count). The molecule has 0 aromatic carbocycles. The topological polar surface area (TPSA) is 32.3 Å². The zero-order valence-electron chi connectivity index (χ0n) is 13.2. The van der Waals surface area contributed by atoms with E-state index in [2.05, 4.69) is 31.0 Å². The van der Waals surface area contributed by atoms with Gasteiger partial charge in [0.05, 0.1) is 6.04 Å². The number of carbonyl (C=O) groups is 1. The van der Waals surface area contributed by atoms with Gasteiger partial charge in [-0.1, -0.05) is 20.8 Å². The van der Waals surface area contributed by atoms with Gasteiger partial charge in [-0.3, -0.25) is 4.79 Å². The van der Waals surface area contributed by atoms with Gasteiger partial charge in [-0.2, -0.15) is 0 Å². The average Bonchev–Trinajstić information content (AvgIpc) is 3.01. The average molecular weight is 301 g/mol. The van der Waals surface area contributed by atoms with Crippen molar-refractivity contribution in [3.63, 3.8) is 0 Å². The molecule has 3 aliphatic rings. The summed E-state index contributed by atoms with van der Waals surface area (Å²) in [5.74, 6) is 0.332. The van der Waals surface area contributed by atoms with Crippen LogP contribution < -0.4 is 5.32 Å². The molecule has 2 bridgehead atoms. The van der Waals surface area contributed by atoms with Crippen molar-refractivity contribution in [2.24, 2.45) is 10.8 Å². The molecule has 0 aromatic heterocycles. The van der Waals surface area contributed by atoms with Crippen molar-refractivity contribution in [1.29, 1.82) is 0 Å². The number of hydrogen-bond donors (Lipinski definition) is 1. The zero-order chi connectivity index (χ0) is 13.8. The van der Waals surface area contributed by atoms with Gasteiger partial charge in [0.25, 0.3) is 0 Å². The first-order chi connectivity index (χ1) is 8.78. The lowest BCUT2D eigenvalue weighted by atomic mass is 9.65. The highest BCUT2D eigenvalue weighted by Gasteiger charge is 2.51. The minimum absolute atomic E-state index is 0. The Morgan fingerprint density at radius 3 is 2.50 bits per heavy atom. The van der Waals surface area contributed by atoms with E-state index in [9.17, 15) is 4.79 Å². The summed E-state index contributed by atoms with van der Waals surface area (Å²) in [6, 6.07) is 1.08. The number of carbonyl (C=O) groups excluding carboxylic acids is 1. The Hall–Kier alpha value is -0.280. The van der Waals surface area contributed by atoms with Crippen molar-refractivity contribution in [2.45, 2.75) is 77.9 Å². The molecule has 2 aliphatic carbocycles. The zero-order valence-corrected chi connectivity index (χ0v) is 14.1. The molecule has 0 spiro atoms. The maximum Gasteiger partial charge on any atom is 0.239 e. The van der Waals surface area contributed by atoms with Gasteiger partial charge in [0.15, 0.2) is 0 Å². The van der Waals surface area contributed by atoms with Gasteiger partial charge >= 0.3 is 0 Å². The van der Waals surface area contributed by atoms with Gasteiger partial charge in [0, 0.05) is 18.6 Å². The predicted molar refractivity (Wildman–Crippen MR) is 84.1 cm³/mol. The largest absolute Gasteiger partial charge is 0.338 e. The van der Waals surface area contributed by atoms with Crippen LogP contribution in [0.1, 0.15) is 59.8 Å². The number of likely N-dealkylation sites (tertiary alicyclic amines) is 1. The Balaban J connectivity index is 0.00000147. The molecule has 3 atom stereocenters. The fraction of sp³-hybridized carbons (Fsp3) is 0.938. The van der Waals surface area contributed by atoms with Gasteiger partial charge in [-0.15, -0.1) is 12.4 Å². The Kier molecular flexibility index (Phi) is 4.16. The highest BCUT2D eigenvalue weighted by atomic mass is 35.5. The van der Waals surface area contributed by atoms with Crippen LogP contribution in [0.4, 0.5) is 0 Å². The minimum Gasteiger partial charge on any atom is -0.338 e. The van der Waals surface area contributed by atoms with Gasteiger partial charge in [-0.05, 0) is 49.9 Å². The van der Waals surface area contributed by atoms with Crippen LogP contribution in [0.25, 0.3) is 0 Å². The number of amides is 1. The second-order valence-electron chi connectivity index (χ2n) is 8.34. The first-order valence-corrected chi connectivity index (χ1v) is 7.85. The number of hydrogen-bond acceptors (Lipinski definition) is 2. The van der Waals surface area contributed by atoms with E-state index in [1.807, 2.05) is 6.92 Å². The molecule has 1 N–H and O–H groups in total. The molecule has 2 saturated carbocycles.